The van der Waals surface area contributed by atoms with Gasteiger partial charge in [-0.2, -0.15) is 0 Å². The van der Waals surface area contributed by atoms with E-state index >= 15 is 8.78 Å². The topological polar surface area (TPSA) is 105 Å². The summed E-state index contributed by atoms with van der Waals surface area (Å²) >= 11 is 0. The highest BCUT2D eigenvalue weighted by atomic mass is 19.1. The molecule has 0 saturated carbocycles. The van der Waals surface area contributed by atoms with Crippen molar-refractivity contribution in [2.75, 3.05) is 32.1 Å². The van der Waals surface area contributed by atoms with E-state index in [9.17, 15) is 14.7 Å². The Labute approximate surface area is 187 Å². The average Bonchev–Trinajstić information content (AvgIpc) is 3.10. The molecule has 1 saturated heterocycles. The number of halogens is 2. The number of hydrogen-bond donors (Lipinski definition) is 2. The molecule has 1 aliphatic heterocycles. The molecule has 1 aromatic carbocycles. The smallest absolute Gasteiger partial charge is 0.411 e. The van der Waals surface area contributed by atoms with Gasteiger partial charge in [-0.15, -0.1) is 0 Å². The van der Waals surface area contributed by atoms with Crippen LogP contribution in [0.1, 0.15) is 11.3 Å². The Morgan fingerprint density at radius 3 is 2.70 bits per heavy atom. The molecule has 3 heterocycles. The van der Waals surface area contributed by atoms with Gasteiger partial charge in [0.05, 0.1) is 43.3 Å². The lowest BCUT2D eigenvalue weighted by atomic mass is 10.0. The van der Waals surface area contributed by atoms with Crippen LogP contribution in [0.2, 0.25) is 0 Å². The van der Waals surface area contributed by atoms with E-state index in [1.54, 1.807) is 16.7 Å². The van der Waals surface area contributed by atoms with Crippen molar-refractivity contribution in [3.05, 3.63) is 53.4 Å². The number of amides is 2. The summed E-state index contributed by atoms with van der Waals surface area (Å²) in [6, 6.07) is 5.58. The third-order valence-corrected chi connectivity index (χ3v) is 5.42. The number of methoxy groups -OCH3 is 1. The molecule has 0 aliphatic carbocycles. The zero-order valence-corrected chi connectivity index (χ0v) is 18.0. The van der Waals surface area contributed by atoms with Crippen molar-refractivity contribution in [2.24, 2.45) is 0 Å². The molecule has 1 aliphatic rings. The third-order valence-electron chi connectivity index (χ3n) is 5.42. The molecule has 1 atom stereocenters. The van der Waals surface area contributed by atoms with Crippen LogP contribution in [-0.4, -0.2) is 64.5 Å². The number of aromatic nitrogens is 2. The van der Waals surface area contributed by atoms with Gasteiger partial charge < -0.3 is 23.9 Å². The van der Waals surface area contributed by atoms with Gasteiger partial charge in [0, 0.05) is 24.8 Å². The van der Waals surface area contributed by atoms with Crippen LogP contribution in [0.3, 0.4) is 0 Å². The van der Waals surface area contributed by atoms with Crippen LogP contribution in [0.5, 0.6) is 0 Å². The van der Waals surface area contributed by atoms with Crippen LogP contribution in [0, 0.1) is 18.6 Å². The van der Waals surface area contributed by atoms with E-state index in [-0.39, 0.29) is 43.1 Å². The number of anilines is 1. The van der Waals surface area contributed by atoms with E-state index in [0.717, 1.165) is 24.8 Å². The second-order valence-corrected chi connectivity index (χ2v) is 7.70. The SMILES string of the molecule is COC(=O)Nc1cc(F)c(-c2nc3cc(C)ccn3c2CC2CN(C(=O)O)CCO2)c(F)c1. The number of carbonyl (C=O) groups excluding carboxylic acids is 1. The first kappa shape index (κ1) is 22.5. The first-order valence-corrected chi connectivity index (χ1v) is 10.2. The minimum Gasteiger partial charge on any atom is -0.465 e. The summed E-state index contributed by atoms with van der Waals surface area (Å²) in [6.45, 7) is 2.47. The van der Waals surface area contributed by atoms with Gasteiger partial charge in [-0.1, -0.05) is 0 Å². The number of nitrogens with zero attached hydrogens (tertiary/aromatic N) is 3. The van der Waals surface area contributed by atoms with Crippen molar-refractivity contribution in [3.8, 4) is 11.3 Å². The van der Waals surface area contributed by atoms with Gasteiger partial charge in [0.25, 0.3) is 0 Å². The molecule has 1 fully saturated rings. The Morgan fingerprint density at radius 1 is 1.30 bits per heavy atom. The normalized spacial score (nSPS) is 16.1. The lowest BCUT2D eigenvalue weighted by Crippen LogP contribution is -2.45. The van der Waals surface area contributed by atoms with Crippen LogP contribution in [0.4, 0.5) is 24.1 Å². The maximum atomic E-state index is 15.1. The minimum absolute atomic E-state index is 0.0799. The van der Waals surface area contributed by atoms with E-state index in [0.29, 0.717) is 11.3 Å². The number of aryl methyl sites for hydroxylation is 1. The Bertz CT molecular complexity index is 1210. The van der Waals surface area contributed by atoms with Crippen molar-refractivity contribution in [3.63, 3.8) is 0 Å². The first-order valence-electron chi connectivity index (χ1n) is 10.2. The summed E-state index contributed by atoms with van der Waals surface area (Å²) in [6.07, 6.45) is -0.492. The highest BCUT2D eigenvalue weighted by Gasteiger charge is 2.28. The number of rotatable bonds is 4. The van der Waals surface area contributed by atoms with E-state index in [2.05, 4.69) is 15.0 Å². The summed E-state index contributed by atoms with van der Waals surface area (Å²) in [5.41, 5.74) is 1.50. The second-order valence-electron chi connectivity index (χ2n) is 7.70. The summed E-state index contributed by atoms with van der Waals surface area (Å²) < 4.78 is 42.1. The Hall–Kier alpha value is -3.73. The quantitative estimate of drug-likeness (QED) is 0.615. The molecule has 9 nitrogen and oxygen atoms in total. The largest absolute Gasteiger partial charge is 0.465 e. The van der Waals surface area contributed by atoms with E-state index in [4.69, 9.17) is 4.74 Å². The highest BCUT2D eigenvalue weighted by Crippen LogP contribution is 2.33. The zero-order chi connectivity index (χ0) is 23.7. The van der Waals surface area contributed by atoms with E-state index in [1.165, 1.54) is 4.90 Å². The number of fused-ring (bicyclic) bond motifs is 1. The van der Waals surface area contributed by atoms with Crippen LogP contribution in [0.25, 0.3) is 16.9 Å². The van der Waals surface area contributed by atoms with Crippen LogP contribution >= 0.6 is 0 Å². The van der Waals surface area contributed by atoms with Crippen molar-refractivity contribution in [1.29, 1.82) is 0 Å². The van der Waals surface area contributed by atoms with E-state index in [1.807, 2.05) is 13.0 Å². The molecule has 0 spiro atoms. The highest BCUT2D eigenvalue weighted by molar-refractivity contribution is 5.85. The standard InChI is InChI=1S/C22H22F2N4O5/c1-12-3-4-28-17(10-14-11-27(22(30)31)5-6-33-14)20(26-18(28)7-12)19-15(23)8-13(9-16(19)24)25-21(29)32-2/h3-4,7-9,14H,5-6,10-11H2,1-2H3,(H,25,29)(H,30,31). The van der Waals surface area contributed by atoms with Gasteiger partial charge in [-0.05, 0) is 36.8 Å². The number of carboxylic acid groups (broad SMARTS) is 1. The van der Waals surface area contributed by atoms with Gasteiger partial charge >= 0.3 is 12.2 Å². The number of ether oxygens (including phenoxy) is 2. The first-order chi connectivity index (χ1) is 15.8. The molecule has 0 bridgehead atoms. The molecule has 2 aromatic heterocycles. The van der Waals surface area contributed by atoms with Crippen LogP contribution in [-0.2, 0) is 15.9 Å². The number of imidazole rings is 1. The molecule has 174 valence electrons. The molecule has 11 heteroatoms. The summed E-state index contributed by atoms with van der Waals surface area (Å²) in [5, 5.41) is 11.5. The lowest BCUT2D eigenvalue weighted by Gasteiger charge is -2.31. The van der Waals surface area contributed by atoms with Crippen molar-refractivity contribution >= 4 is 23.5 Å². The van der Waals surface area contributed by atoms with Gasteiger partial charge in [0.1, 0.15) is 17.3 Å². The Kier molecular flexibility index (Phi) is 6.14. The predicted octanol–water partition coefficient (Wildman–Crippen LogP) is 3.69. The fourth-order valence-electron chi connectivity index (χ4n) is 3.87. The van der Waals surface area contributed by atoms with Crippen molar-refractivity contribution < 1.29 is 33.0 Å². The van der Waals surface area contributed by atoms with Crippen LogP contribution < -0.4 is 5.32 Å². The number of hydrogen-bond acceptors (Lipinski definition) is 5. The minimum atomic E-state index is -1.05. The number of carbonyl (C=O) groups is 2. The number of morpholine rings is 1. The summed E-state index contributed by atoms with van der Waals surface area (Å²) in [5.74, 6) is -1.83. The Balaban J connectivity index is 1.78. The average molecular weight is 460 g/mol. The van der Waals surface area contributed by atoms with Crippen molar-refractivity contribution in [1.82, 2.24) is 14.3 Å². The fourth-order valence-corrected chi connectivity index (χ4v) is 3.87. The molecule has 3 aromatic rings. The van der Waals surface area contributed by atoms with E-state index < -0.39 is 29.9 Å². The summed E-state index contributed by atoms with van der Waals surface area (Å²) in [7, 11) is 1.14. The second kappa shape index (κ2) is 9.02. The fraction of sp³-hybridized carbons (Fsp3) is 0.318. The summed E-state index contributed by atoms with van der Waals surface area (Å²) in [4.78, 5) is 28.5. The molecule has 0 radical (unpaired) electrons. The maximum Gasteiger partial charge on any atom is 0.411 e. The molecule has 33 heavy (non-hydrogen) atoms. The predicted molar refractivity (Wildman–Crippen MR) is 114 cm³/mol. The molecule has 4 rings (SSSR count). The number of pyridine rings is 1. The lowest BCUT2D eigenvalue weighted by molar-refractivity contribution is -0.0214. The molecular formula is C22H22F2N4O5. The monoisotopic (exact) mass is 460 g/mol. The number of nitrogens with one attached hydrogen (secondary N) is 1. The third kappa shape index (κ3) is 4.58. The van der Waals surface area contributed by atoms with Gasteiger partial charge in [-0.25, -0.2) is 23.4 Å². The van der Waals surface area contributed by atoms with Gasteiger partial charge in [0.15, 0.2) is 0 Å². The molecular weight excluding hydrogens is 438 g/mol. The number of benzene rings is 1. The van der Waals surface area contributed by atoms with Crippen LogP contribution in [0.15, 0.2) is 30.5 Å². The maximum absolute atomic E-state index is 15.1. The zero-order valence-electron chi connectivity index (χ0n) is 18.0. The molecule has 1 unspecified atom stereocenters. The molecule has 2 N–H and O–H groups in total. The van der Waals surface area contributed by atoms with Gasteiger partial charge in [0.2, 0.25) is 0 Å². The molecule has 2 amide bonds. The van der Waals surface area contributed by atoms with Gasteiger partial charge in [-0.3, -0.25) is 5.32 Å². The van der Waals surface area contributed by atoms with Crippen molar-refractivity contribution in [2.45, 2.75) is 19.4 Å². The Morgan fingerprint density at radius 2 is 2.03 bits per heavy atom.